The minimum absolute atomic E-state index is 0.00342. The third-order valence-electron chi connectivity index (χ3n) is 2.17. The number of nitrogens with two attached hydrogens (primary N) is 1. The van der Waals surface area contributed by atoms with Crippen LogP contribution in [0.2, 0.25) is 0 Å². The van der Waals surface area contributed by atoms with Crippen molar-refractivity contribution in [3.8, 4) is 0 Å². The summed E-state index contributed by atoms with van der Waals surface area (Å²) in [6.45, 7) is -0.00342. The van der Waals surface area contributed by atoms with Crippen LogP contribution in [0, 0.1) is 5.92 Å². The average molecular weight is 195 g/mol. The number of hydrogen-bond acceptors (Lipinski definition) is 3. The maximum atomic E-state index is 12.7. The molecule has 0 aromatic carbocycles. The smallest absolute Gasteiger partial charge is 0.150 e. The molecular formula is C7H14FNO2S. The lowest BCUT2D eigenvalue weighted by atomic mass is 10.0. The van der Waals surface area contributed by atoms with Crippen LogP contribution in [-0.4, -0.2) is 32.6 Å². The van der Waals surface area contributed by atoms with Gasteiger partial charge in [-0.15, -0.1) is 0 Å². The molecule has 1 heterocycles. The number of halogens is 1. The van der Waals surface area contributed by atoms with E-state index >= 15 is 0 Å². The maximum absolute atomic E-state index is 12.7. The quantitative estimate of drug-likeness (QED) is 0.695. The van der Waals surface area contributed by atoms with Gasteiger partial charge >= 0.3 is 0 Å². The van der Waals surface area contributed by atoms with Crippen molar-refractivity contribution >= 4 is 9.84 Å². The fourth-order valence-electron chi connectivity index (χ4n) is 1.52. The fourth-order valence-corrected chi connectivity index (χ4v) is 3.40. The number of rotatable bonds is 3. The predicted molar refractivity (Wildman–Crippen MR) is 45.3 cm³/mol. The van der Waals surface area contributed by atoms with Crippen LogP contribution in [0.1, 0.15) is 12.8 Å². The lowest BCUT2D eigenvalue weighted by Crippen LogP contribution is -2.19. The maximum Gasteiger partial charge on any atom is 0.150 e. The topological polar surface area (TPSA) is 60.2 Å². The molecule has 1 rings (SSSR count). The predicted octanol–water partition coefficient (Wildman–Crippen LogP) is 0.108. The van der Waals surface area contributed by atoms with Crippen molar-refractivity contribution in [2.45, 2.75) is 19.0 Å². The molecule has 3 nitrogen and oxygen atoms in total. The van der Waals surface area contributed by atoms with E-state index in [0.717, 1.165) is 0 Å². The summed E-state index contributed by atoms with van der Waals surface area (Å²) in [7, 11) is -2.86. The summed E-state index contributed by atoms with van der Waals surface area (Å²) >= 11 is 0. The Bertz CT molecular complexity index is 240. The highest BCUT2D eigenvalue weighted by Gasteiger charge is 2.29. The molecule has 0 saturated carbocycles. The molecule has 0 aliphatic carbocycles. The van der Waals surface area contributed by atoms with Crippen LogP contribution in [0.3, 0.4) is 0 Å². The Balaban J connectivity index is 2.38. The van der Waals surface area contributed by atoms with Gasteiger partial charge in [0.1, 0.15) is 6.17 Å². The van der Waals surface area contributed by atoms with Gasteiger partial charge in [-0.25, -0.2) is 12.8 Å². The van der Waals surface area contributed by atoms with E-state index < -0.39 is 16.0 Å². The van der Waals surface area contributed by atoms with Crippen LogP contribution >= 0.6 is 0 Å². The molecule has 1 aliphatic heterocycles. The highest BCUT2D eigenvalue weighted by Crippen LogP contribution is 2.23. The Labute approximate surface area is 72.1 Å². The van der Waals surface area contributed by atoms with Crippen LogP contribution in [-0.2, 0) is 9.84 Å². The summed E-state index contributed by atoms with van der Waals surface area (Å²) < 4.78 is 34.6. The van der Waals surface area contributed by atoms with Crippen molar-refractivity contribution in [1.29, 1.82) is 0 Å². The zero-order valence-electron chi connectivity index (χ0n) is 6.87. The van der Waals surface area contributed by atoms with Gasteiger partial charge in [0.2, 0.25) is 0 Å². The van der Waals surface area contributed by atoms with Crippen LogP contribution in [0.4, 0.5) is 4.39 Å². The van der Waals surface area contributed by atoms with Crippen molar-refractivity contribution in [1.82, 2.24) is 0 Å². The van der Waals surface area contributed by atoms with E-state index in [0.29, 0.717) is 12.8 Å². The Morgan fingerprint density at radius 1 is 1.58 bits per heavy atom. The second-order valence-corrected chi connectivity index (χ2v) is 5.57. The Morgan fingerprint density at radius 3 is 2.67 bits per heavy atom. The third kappa shape index (κ3) is 2.71. The van der Waals surface area contributed by atoms with E-state index in [-0.39, 0.29) is 24.0 Å². The Kier molecular flexibility index (Phi) is 3.06. The monoisotopic (exact) mass is 195 g/mol. The molecule has 0 bridgehead atoms. The van der Waals surface area contributed by atoms with Crippen LogP contribution < -0.4 is 5.73 Å². The molecule has 0 spiro atoms. The molecule has 0 radical (unpaired) electrons. The van der Waals surface area contributed by atoms with Crippen LogP contribution in [0.25, 0.3) is 0 Å². The summed E-state index contributed by atoms with van der Waals surface area (Å²) in [6, 6.07) is 0. The summed E-state index contributed by atoms with van der Waals surface area (Å²) in [5, 5.41) is 0. The van der Waals surface area contributed by atoms with Gasteiger partial charge in [-0.05, 0) is 18.8 Å². The van der Waals surface area contributed by atoms with Crippen molar-refractivity contribution < 1.29 is 12.8 Å². The molecule has 72 valence electrons. The summed E-state index contributed by atoms with van der Waals surface area (Å²) in [5.74, 6) is 0.357. The van der Waals surface area contributed by atoms with Gasteiger partial charge in [-0.3, -0.25) is 0 Å². The largest absolute Gasteiger partial charge is 0.328 e. The van der Waals surface area contributed by atoms with E-state index in [9.17, 15) is 12.8 Å². The second kappa shape index (κ2) is 3.70. The molecule has 2 unspecified atom stereocenters. The molecule has 0 aromatic heterocycles. The number of sulfone groups is 1. The van der Waals surface area contributed by atoms with Gasteiger partial charge in [0, 0.05) is 6.54 Å². The van der Waals surface area contributed by atoms with Gasteiger partial charge < -0.3 is 5.73 Å². The highest BCUT2D eigenvalue weighted by atomic mass is 32.2. The molecular weight excluding hydrogens is 181 g/mol. The highest BCUT2D eigenvalue weighted by molar-refractivity contribution is 7.91. The van der Waals surface area contributed by atoms with Crippen LogP contribution in [0.5, 0.6) is 0 Å². The SMILES string of the molecule is NCC(F)CC1CCS(=O)(=O)C1. The molecule has 2 atom stereocenters. The minimum atomic E-state index is -2.86. The molecule has 5 heteroatoms. The zero-order chi connectivity index (χ0) is 9.19. The Morgan fingerprint density at radius 2 is 2.25 bits per heavy atom. The lowest BCUT2D eigenvalue weighted by Gasteiger charge is -2.09. The molecule has 1 aliphatic rings. The summed E-state index contributed by atoms with van der Waals surface area (Å²) in [6.07, 6.45) is -0.137. The van der Waals surface area contributed by atoms with E-state index in [4.69, 9.17) is 5.73 Å². The van der Waals surface area contributed by atoms with Gasteiger partial charge in [0.05, 0.1) is 11.5 Å². The van der Waals surface area contributed by atoms with E-state index in [1.165, 1.54) is 0 Å². The molecule has 0 amide bonds. The van der Waals surface area contributed by atoms with Crippen molar-refractivity contribution in [3.63, 3.8) is 0 Å². The third-order valence-corrected chi connectivity index (χ3v) is 4.01. The van der Waals surface area contributed by atoms with Gasteiger partial charge in [-0.2, -0.15) is 0 Å². The van der Waals surface area contributed by atoms with E-state index in [1.807, 2.05) is 0 Å². The van der Waals surface area contributed by atoms with E-state index in [1.54, 1.807) is 0 Å². The average Bonchev–Trinajstić information content (AvgIpc) is 2.30. The molecule has 2 N–H and O–H groups in total. The second-order valence-electron chi connectivity index (χ2n) is 3.34. The summed E-state index contributed by atoms with van der Waals surface area (Å²) in [5.41, 5.74) is 5.09. The fraction of sp³-hybridized carbons (Fsp3) is 1.00. The first-order valence-electron chi connectivity index (χ1n) is 4.08. The number of alkyl halides is 1. The minimum Gasteiger partial charge on any atom is -0.328 e. The molecule has 12 heavy (non-hydrogen) atoms. The van der Waals surface area contributed by atoms with Gasteiger partial charge in [-0.1, -0.05) is 0 Å². The lowest BCUT2D eigenvalue weighted by molar-refractivity contribution is 0.284. The normalized spacial score (nSPS) is 30.3. The first kappa shape index (κ1) is 9.92. The van der Waals surface area contributed by atoms with Crippen molar-refractivity contribution in [2.24, 2.45) is 11.7 Å². The molecule has 1 saturated heterocycles. The van der Waals surface area contributed by atoms with Crippen molar-refractivity contribution in [2.75, 3.05) is 18.1 Å². The molecule has 1 fully saturated rings. The first-order valence-corrected chi connectivity index (χ1v) is 5.90. The van der Waals surface area contributed by atoms with E-state index in [2.05, 4.69) is 0 Å². The van der Waals surface area contributed by atoms with Gasteiger partial charge in [0.25, 0.3) is 0 Å². The summed E-state index contributed by atoms with van der Waals surface area (Å²) in [4.78, 5) is 0. The number of hydrogen-bond donors (Lipinski definition) is 1. The van der Waals surface area contributed by atoms with Crippen LogP contribution in [0.15, 0.2) is 0 Å². The van der Waals surface area contributed by atoms with Gasteiger partial charge in [0.15, 0.2) is 9.84 Å². The molecule has 0 aromatic rings. The Hall–Kier alpha value is -0.160. The standard InChI is InChI=1S/C7H14FNO2S/c8-7(4-9)3-6-1-2-12(10,11)5-6/h6-7H,1-5,9H2. The first-order chi connectivity index (χ1) is 5.53. The zero-order valence-corrected chi connectivity index (χ0v) is 7.69. The van der Waals surface area contributed by atoms with Crippen molar-refractivity contribution in [3.05, 3.63) is 0 Å².